The maximum Gasteiger partial charge on any atom is 0.291 e. The number of carbonyl (C=O) groups excluding carboxylic acids is 2. The van der Waals surface area contributed by atoms with Crippen molar-refractivity contribution >= 4 is 51.8 Å². The number of hydrogen-bond acceptors (Lipinski definition) is 5. The number of fused-ring (bicyclic) bond motifs is 1. The van der Waals surface area contributed by atoms with Crippen LogP contribution in [0.25, 0.3) is 11.0 Å². The molecule has 2 amide bonds. The number of benzene rings is 2. The first-order valence-corrected chi connectivity index (χ1v) is 10.5. The van der Waals surface area contributed by atoms with E-state index in [2.05, 4.69) is 5.32 Å². The molecule has 0 spiro atoms. The Hall–Kier alpha value is -2.48. The summed E-state index contributed by atoms with van der Waals surface area (Å²) < 4.78 is 11.1. The smallest absolute Gasteiger partial charge is 0.291 e. The zero-order chi connectivity index (χ0) is 20.2. The largest absolute Gasteiger partial charge is 0.449 e. The van der Waals surface area contributed by atoms with Gasteiger partial charge in [-0.25, -0.2) is 0 Å². The average molecular weight is 431 g/mol. The van der Waals surface area contributed by atoms with Crippen LogP contribution in [0, 0.1) is 0 Å². The lowest BCUT2D eigenvalue weighted by Crippen LogP contribution is -2.40. The molecule has 150 valence electrons. The summed E-state index contributed by atoms with van der Waals surface area (Å²) in [5.74, 6) is -0.109. The van der Waals surface area contributed by atoms with Crippen LogP contribution in [0.15, 0.2) is 57.8 Å². The van der Waals surface area contributed by atoms with E-state index in [9.17, 15) is 9.59 Å². The number of thioether (sulfide) groups is 1. The summed E-state index contributed by atoms with van der Waals surface area (Å²) in [6.07, 6.45) is 0. The van der Waals surface area contributed by atoms with Gasteiger partial charge in [-0.15, -0.1) is 11.8 Å². The van der Waals surface area contributed by atoms with Gasteiger partial charge in [0.2, 0.25) is 11.7 Å². The maximum atomic E-state index is 13.0. The van der Waals surface area contributed by atoms with Crippen molar-refractivity contribution in [3.63, 3.8) is 0 Å². The van der Waals surface area contributed by atoms with Gasteiger partial charge < -0.3 is 19.4 Å². The number of carbonyl (C=O) groups is 2. The summed E-state index contributed by atoms with van der Waals surface area (Å²) in [5, 5.41) is 4.23. The van der Waals surface area contributed by atoms with Crippen molar-refractivity contribution in [3.05, 3.63) is 59.3 Å². The second kappa shape index (κ2) is 8.90. The zero-order valence-corrected chi connectivity index (χ0v) is 17.1. The van der Waals surface area contributed by atoms with Gasteiger partial charge in [-0.2, -0.15) is 0 Å². The highest BCUT2D eigenvalue weighted by Crippen LogP contribution is 2.32. The molecule has 4 rings (SSSR count). The minimum Gasteiger partial charge on any atom is -0.449 e. The van der Waals surface area contributed by atoms with Gasteiger partial charge in [0.25, 0.3) is 5.91 Å². The van der Waals surface area contributed by atoms with Crippen LogP contribution in [0.5, 0.6) is 0 Å². The summed E-state index contributed by atoms with van der Waals surface area (Å²) in [7, 11) is 0. The van der Waals surface area contributed by atoms with Crippen LogP contribution in [-0.4, -0.2) is 48.8 Å². The Bertz CT molecular complexity index is 1030. The van der Waals surface area contributed by atoms with E-state index in [0.717, 1.165) is 4.90 Å². The molecular formula is C21H19ClN2O4S. The molecule has 0 saturated carbocycles. The molecule has 1 aromatic heterocycles. The molecular weight excluding hydrogens is 412 g/mol. The standard InChI is InChI=1S/C21H19ClN2O4S/c22-14-5-7-15(8-6-14)29-13-18(25)23-19-16-3-1-2-4-17(16)28-20(19)21(26)24-9-11-27-12-10-24/h1-8H,9-13H2,(H,23,25). The van der Waals surface area contributed by atoms with E-state index in [4.69, 9.17) is 20.8 Å². The van der Waals surface area contributed by atoms with Crippen molar-refractivity contribution in [1.82, 2.24) is 4.90 Å². The van der Waals surface area contributed by atoms with E-state index < -0.39 is 0 Å². The highest BCUT2D eigenvalue weighted by molar-refractivity contribution is 8.00. The van der Waals surface area contributed by atoms with Gasteiger partial charge in [-0.3, -0.25) is 9.59 Å². The maximum absolute atomic E-state index is 13.0. The second-order valence-corrected chi connectivity index (χ2v) is 7.98. The number of ether oxygens (including phenoxy) is 1. The third kappa shape index (κ3) is 4.58. The number of anilines is 1. The molecule has 1 aliphatic rings. The molecule has 8 heteroatoms. The molecule has 0 bridgehead atoms. The van der Waals surface area contributed by atoms with Gasteiger partial charge in [0.15, 0.2) is 0 Å². The molecule has 2 aromatic carbocycles. The zero-order valence-electron chi connectivity index (χ0n) is 15.5. The van der Waals surface area contributed by atoms with Gasteiger partial charge in [0.05, 0.1) is 19.0 Å². The number of rotatable bonds is 5. The van der Waals surface area contributed by atoms with E-state index >= 15 is 0 Å². The summed E-state index contributed by atoms with van der Waals surface area (Å²) in [6.45, 7) is 1.97. The summed E-state index contributed by atoms with van der Waals surface area (Å²) in [5.41, 5.74) is 0.976. The van der Waals surface area contributed by atoms with Crippen molar-refractivity contribution in [3.8, 4) is 0 Å². The predicted molar refractivity (Wildman–Crippen MR) is 114 cm³/mol. The first-order valence-electron chi connectivity index (χ1n) is 9.18. The predicted octanol–water partition coefficient (Wildman–Crippen LogP) is 4.29. The van der Waals surface area contributed by atoms with Gasteiger partial charge in [-0.05, 0) is 36.4 Å². The molecule has 6 nitrogen and oxygen atoms in total. The fraction of sp³-hybridized carbons (Fsp3) is 0.238. The Morgan fingerprint density at radius 3 is 2.55 bits per heavy atom. The number of halogens is 1. The Balaban J connectivity index is 1.54. The summed E-state index contributed by atoms with van der Waals surface area (Å²) in [4.78, 5) is 28.2. The summed E-state index contributed by atoms with van der Waals surface area (Å²) >= 11 is 7.29. The van der Waals surface area contributed by atoms with E-state index in [1.165, 1.54) is 11.8 Å². The van der Waals surface area contributed by atoms with Gasteiger partial charge in [0, 0.05) is 28.4 Å². The van der Waals surface area contributed by atoms with Crippen LogP contribution >= 0.6 is 23.4 Å². The molecule has 3 aromatic rings. The van der Waals surface area contributed by atoms with Crippen LogP contribution in [0.1, 0.15) is 10.6 Å². The van der Waals surface area contributed by atoms with Crippen molar-refractivity contribution in [2.75, 3.05) is 37.4 Å². The lowest BCUT2D eigenvalue weighted by molar-refractivity contribution is -0.113. The van der Waals surface area contributed by atoms with Gasteiger partial charge >= 0.3 is 0 Å². The number of nitrogens with one attached hydrogen (secondary N) is 1. The lowest BCUT2D eigenvalue weighted by Gasteiger charge is -2.26. The van der Waals surface area contributed by atoms with Gasteiger partial charge in [-0.1, -0.05) is 23.7 Å². The minimum atomic E-state index is -0.245. The van der Waals surface area contributed by atoms with E-state index in [-0.39, 0.29) is 23.3 Å². The van der Waals surface area contributed by atoms with Crippen LogP contribution in [0.4, 0.5) is 5.69 Å². The van der Waals surface area contributed by atoms with E-state index in [0.29, 0.717) is 48.0 Å². The first-order chi connectivity index (χ1) is 14.1. The molecule has 0 aliphatic carbocycles. The number of hydrogen-bond donors (Lipinski definition) is 1. The minimum absolute atomic E-state index is 0.151. The summed E-state index contributed by atoms with van der Waals surface area (Å²) in [6, 6.07) is 14.6. The van der Waals surface area contributed by atoms with E-state index in [1.807, 2.05) is 30.3 Å². The molecule has 1 saturated heterocycles. The van der Waals surface area contributed by atoms with Crippen molar-refractivity contribution in [1.29, 1.82) is 0 Å². The monoisotopic (exact) mass is 430 g/mol. The molecule has 0 atom stereocenters. The third-order valence-corrected chi connectivity index (χ3v) is 5.80. The quantitative estimate of drug-likeness (QED) is 0.611. The number of morpholine rings is 1. The number of para-hydroxylation sites is 1. The molecule has 0 radical (unpaired) electrons. The molecule has 29 heavy (non-hydrogen) atoms. The molecule has 1 aliphatic heterocycles. The molecule has 2 heterocycles. The fourth-order valence-corrected chi connectivity index (χ4v) is 3.91. The third-order valence-electron chi connectivity index (χ3n) is 4.54. The van der Waals surface area contributed by atoms with Crippen LogP contribution in [0.3, 0.4) is 0 Å². The van der Waals surface area contributed by atoms with Crippen LogP contribution < -0.4 is 5.32 Å². The fourth-order valence-electron chi connectivity index (χ4n) is 3.09. The first kappa shape index (κ1) is 19.8. The van der Waals surface area contributed by atoms with Crippen molar-refractivity contribution < 1.29 is 18.7 Å². The Kier molecular flexibility index (Phi) is 6.08. The lowest BCUT2D eigenvalue weighted by atomic mass is 10.2. The van der Waals surface area contributed by atoms with Gasteiger partial charge in [0.1, 0.15) is 11.3 Å². The van der Waals surface area contributed by atoms with Crippen molar-refractivity contribution in [2.24, 2.45) is 0 Å². The highest BCUT2D eigenvalue weighted by atomic mass is 35.5. The average Bonchev–Trinajstić information content (AvgIpc) is 3.12. The number of nitrogens with zero attached hydrogens (tertiary/aromatic N) is 1. The Labute approximate surface area is 177 Å². The second-order valence-electron chi connectivity index (χ2n) is 6.50. The number of furan rings is 1. The highest BCUT2D eigenvalue weighted by Gasteiger charge is 2.27. The van der Waals surface area contributed by atoms with Crippen molar-refractivity contribution in [2.45, 2.75) is 4.90 Å². The van der Waals surface area contributed by atoms with E-state index in [1.54, 1.807) is 23.1 Å². The van der Waals surface area contributed by atoms with Crippen LogP contribution in [0.2, 0.25) is 5.02 Å². The molecule has 0 unspecified atom stereocenters. The van der Waals surface area contributed by atoms with Crippen LogP contribution in [-0.2, 0) is 9.53 Å². The topological polar surface area (TPSA) is 71.8 Å². The normalized spacial score (nSPS) is 14.2. The molecule has 1 fully saturated rings. The number of amides is 2. The Morgan fingerprint density at radius 1 is 1.07 bits per heavy atom. The Morgan fingerprint density at radius 2 is 1.79 bits per heavy atom. The SMILES string of the molecule is O=C(CSc1ccc(Cl)cc1)Nc1c(C(=O)N2CCOCC2)oc2ccccc12. The molecule has 1 N–H and O–H groups in total.